The highest BCUT2D eigenvalue weighted by Gasteiger charge is 2.14. The minimum atomic E-state index is -0.358. The number of aromatic nitrogens is 2. The molecule has 1 aromatic heterocycles. The van der Waals surface area contributed by atoms with Crippen LogP contribution in [0, 0.1) is 12.7 Å². The molecular weight excluding hydrogens is 339 g/mol. The Bertz CT molecular complexity index is 797. The highest BCUT2D eigenvalue weighted by Crippen LogP contribution is 2.31. The van der Waals surface area contributed by atoms with E-state index < -0.39 is 0 Å². The number of hydrogen-bond donors (Lipinski definition) is 1. The van der Waals surface area contributed by atoms with Gasteiger partial charge in [0.25, 0.3) is 5.89 Å². The highest BCUT2D eigenvalue weighted by atomic mass is 79.9. The first-order chi connectivity index (χ1) is 10.0. The Labute approximate surface area is 128 Å². The summed E-state index contributed by atoms with van der Waals surface area (Å²) >= 11 is 3.26. The van der Waals surface area contributed by atoms with Crippen LogP contribution in [0.1, 0.15) is 5.56 Å². The van der Waals surface area contributed by atoms with E-state index in [9.17, 15) is 9.50 Å². The van der Waals surface area contributed by atoms with Crippen LogP contribution in [0.4, 0.5) is 4.39 Å². The molecule has 106 valence electrons. The lowest BCUT2D eigenvalue weighted by Crippen LogP contribution is -1.85. The monoisotopic (exact) mass is 348 g/mol. The fraction of sp³-hybridized carbons (Fsp3) is 0.0667. The molecule has 0 saturated carbocycles. The SMILES string of the molecule is Cc1cc(F)cc(-c2noc(-c3ccc(Br)cc3O)n2)c1. The van der Waals surface area contributed by atoms with Gasteiger partial charge in [-0.05, 0) is 48.9 Å². The second-order valence-electron chi connectivity index (χ2n) is 4.60. The Kier molecular flexibility index (Phi) is 3.47. The molecule has 0 aliphatic rings. The molecule has 21 heavy (non-hydrogen) atoms. The standard InChI is InChI=1S/C15H10BrFN2O2/c1-8-4-9(6-11(17)5-8)14-18-15(21-19-14)12-3-2-10(16)7-13(12)20/h2-7,20H,1H3. The Morgan fingerprint density at radius 2 is 2.00 bits per heavy atom. The van der Waals surface area contributed by atoms with Crippen LogP contribution >= 0.6 is 15.9 Å². The number of rotatable bonds is 2. The van der Waals surface area contributed by atoms with E-state index in [0.717, 1.165) is 10.0 Å². The topological polar surface area (TPSA) is 59.2 Å². The zero-order valence-electron chi connectivity index (χ0n) is 11.0. The van der Waals surface area contributed by atoms with Gasteiger partial charge in [0.05, 0.1) is 5.56 Å². The Balaban J connectivity index is 2.03. The number of hydrogen-bond acceptors (Lipinski definition) is 4. The van der Waals surface area contributed by atoms with E-state index in [0.29, 0.717) is 11.1 Å². The summed E-state index contributed by atoms with van der Waals surface area (Å²) in [6.07, 6.45) is 0. The summed E-state index contributed by atoms with van der Waals surface area (Å²) in [5.41, 5.74) is 1.71. The number of aromatic hydroxyl groups is 1. The smallest absolute Gasteiger partial charge is 0.261 e. The molecular formula is C15H10BrFN2O2. The third-order valence-electron chi connectivity index (χ3n) is 2.92. The van der Waals surface area contributed by atoms with Gasteiger partial charge in [-0.25, -0.2) is 4.39 Å². The first kappa shape index (κ1) is 13.8. The van der Waals surface area contributed by atoms with Crippen molar-refractivity contribution in [1.82, 2.24) is 10.1 Å². The summed E-state index contributed by atoms with van der Waals surface area (Å²) in [4.78, 5) is 4.20. The van der Waals surface area contributed by atoms with Crippen LogP contribution in [0.25, 0.3) is 22.8 Å². The van der Waals surface area contributed by atoms with Gasteiger partial charge in [0.15, 0.2) is 0 Å². The molecule has 0 spiro atoms. The minimum Gasteiger partial charge on any atom is -0.507 e. The lowest BCUT2D eigenvalue weighted by molar-refractivity contribution is 0.425. The normalized spacial score (nSPS) is 10.8. The largest absolute Gasteiger partial charge is 0.507 e. The van der Waals surface area contributed by atoms with Crippen molar-refractivity contribution in [1.29, 1.82) is 0 Å². The van der Waals surface area contributed by atoms with Gasteiger partial charge in [-0.1, -0.05) is 21.1 Å². The van der Waals surface area contributed by atoms with E-state index >= 15 is 0 Å². The highest BCUT2D eigenvalue weighted by molar-refractivity contribution is 9.10. The number of nitrogens with zero attached hydrogens (tertiary/aromatic N) is 2. The molecule has 3 rings (SSSR count). The zero-order chi connectivity index (χ0) is 15.0. The van der Waals surface area contributed by atoms with Crippen LogP contribution in [0.3, 0.4) is 0 Å². The number of phenols is 1. The van der Waals surface area contributed by atoms with E-state index in [2.05, 4.69) is 26.1 Å². The first-order valence-corrected chi connectivity index (χ1v) is 6.92. The van der Waals surface area contributed by atoms with Gasteiger partial charge < -0.3 is 9.63 Å². The fourth-order valence-electron chi connectivity index (χ4n) is 2.00. The average molecular weight is 349 g/mol. The van der Waals surface area contributed by atoms with Gasteiger partial charge in [0.2, 0.25) is 5.82 Å². The number of phenolic OH excluding ortho intramolecular Hbond substituents is 1. The van der Waals surface area contributed by atoms with Crippen LogP contribution in [-0.4, -0.2) is 15.2 Å². The molecule has 2 aromatic carbocycles. The van der Waals surface area contributed by atoms with Gasteiger partial charge in [-0.2, -0.15) is 4.98 Å². The lowest BCUT2D eigenvalue weighted by atomic mass is 10.1. The Morgan fingerprint density at radius 3 is 2.71 bits per heavy atom. The minimum absolute atomic E-state index is 0.0231. The molecule has 0 fully saturated rings. The zero-order valence-corrected chi connectivity index (χ0v) is 12.6. The van der Waals surface area contributed by atoms with Crippen molar-refractivity contribution in [3.8, 4) is 28.6 Å². The summed E-state index contributed by atoms with van der Waals surface area (Å²) in [5.74, 6) is 0.115. The molecule has 0 aliphatic carbocycles. The number of benzene rings is 2. The molecule has 6 heteroatoms. The molecule has 0 saturated heterocycles. The van der Waals surface area contributed by atoms with E-state index in [1.165, 1.54) is 18.2 Å². The van der Waals surface area contributed by atoms with Crippen molar-refractivity contribution in [2.45, 2.75) is 6.92 Å². The maximum Gasteiger partial charge on any atom is 0.261 e. The Hall–Kier alpha value is -2.21. The van der Waals surface area contributed by atoms with Gasteiger partial charge in [-0.3, -0.25) is 0 Å². The quantitative estimate of drug-likeness (QED) is 0.749. The maximum absolute atomic E-state index is 13.4. The molecule has 0 aliphatic heterocycles. The summed E-state index contributed by atoms with van der Waals surface area (Å²) < 4.78 is 19.3. The summed E-state index contributed by atoms with van der Waals surface area (Å²) in [7, 11) is 0. The van der Waals surface area contributed by atoms with Crippen molar-refractivity contribution in [3.05, 3.63) is 52.3 Å². The molecule has 0 atom stereocenters. The van der Waals surface area contributed by atoms with Crippen LogP contribution in [0.2, 0.25) is 0 Å². The summed E-state index contributed by atoms with van der Waals surface area (Å²) in [6.45, 7) is 1.79. The van der Waals surface area contributed by atoms with Crippen molar-refractivity contribution < 1.29 is 14.0 Å². The van der Waals surface area contributed by atoms with Gasteiger partial charge in [0.1, 0.15) is 11.6 Å². The van der Waals surface area contributed by atoms with Crippen LogP contribution < -0.4 is 0 Å². The number of halogens is 2. The van der Waals surface area contributed by atoms with Gasteiger partial charge in [-0.15, -0.1) is 0 Å². The van der Waals surface area contributed by atoms with Crippen LogP contribution in [0.15, 0.2) is 45.4 Å². The molecule has 0 bridgehead atoms. The Morgan fingerprint density at radius 1 is 1.19 bits per heavy atom. The third-order valence-corrected chi connectivity index (χ3v) is 3.41. The van der Waals surface area contributed by atoms with E-state index in [1.54, 1.807) is 25.1 Å². The van der Waals surface area contributed by atoms with Crippen LogP contribution in [-0.2, 0) is 0 Å². The van der Waals surface area contributed by atoms with E-state index in [4.69, 9.17) is 4.52 Å². The second kappa shape index (κ2) is 5.29. The van der Waals surface area contributed by atoms with E-state index in [1.807, 2.05) is 0 Å². The van der Waals surface area contributed by atoms with Crippen molar-refractivity contribution in [3.63, 3.8) is 0 Å². The van der Waals surface area contributed by atoms with Gasteiger partial charge >= 0.3 is 0 Å². The summed E-state index contributed by atoms with van der Waals surface area (Å²) in [6, 6.07) is 9.47. The molecule has 3 aromatic rings. The molecule has 0 unspecified atom stereocenters. The molecule has 1 N–H and O–H groups in total. The first-order valence-electron chi connectivity index (χ1n) is 6.13. The summed E-state index contributed by atoms with van der Waals surface area (Å²) in [5, 5.41) is 13.7. The molecule has 0 radical (unpaired) electrons. The van der Waals surface area contributed by atoms with Crippen LogP contribution in [0.5, 0.6) is 5.75 Å². The predicted molar refractivity (Wildman–Crippen MR) is 79.2 cm³/mol. The number of aryl methyl sites for hydroxylation is 1. The third kappa shape index (κ3) is 2.80. The second-order valence-corrected chi connectivity index (χ2v) is 5.52. The predicted octanol–water partition coefficient (Wildman–Crippen LogP) is 4.32. The van der Waals surface area contributed by atoms with Crippen molar-refractivity contribution >= 4 is 15.9 Å². The van der Waals surface area contributed by atoms with E-state index in [-0.39, 0.29) is 23.3 Å². The fourth-order valence-corrected chi connectivity index (χ4v) is 2.35. The van der Waals surface area contributed by atoms with Crippen molar-refractivity contribution in [2.24, 2.45) is 0 Å². The van der Waals surface area contributed by atoms with Crippen molar-refractivity contribution in [2.75, 3.05) is 0 Å². The molecule has 0 amide bonds. The van der Waals surface area contributed by atoms with Gasteiger partial charge in [0, 0.05) is 10.0 Å². The maximum atomic E-state index is 13.4. The lowest BCUT2D eigenvalue weighted by Gasteiger charge is -1.99. The molecule has 4 nitrogen and oxygen atoms in total. The average Bonchev–Trinajstić information content (AvgIpc) is 2.87. The molecule has 1 heterocycles.